The lowest BCUT2D eigenvalue weighted by molar-refractivity contribution is 1.61. The summed E-state index contributed by atoms with van der Waals surface area (Å²) in [6.45, 7) is 0. The quantitative estimate of drug-likeness (QED) is 0.0593. The van der Waals surface area contributed by atoms with E-state index in [9.17, 15) is 0 Å². The second kappa shape index (κ2) is 38.6. The number of rotatable bonds is 18. The molecule has 26 aromatic rings. The molecule has 0 aromatic heterocycles. The molecule has 26 rings (SSSR count). The van der Waals surface area contributed by atoms with Gasteiger partial charge in [0.05, 0.1) is 0 Å². The summed E-state index contributed by atoms with van der Waals surface area (Å²) >= 11 is 0. The molecule has 0 spiro atoms. The molecular weight excluding hydrogens is 1730 g/mol. The Hall–Kier alpha value is -18.7. The zero-order valence-electron chi connectivity index (χ0n) is 79.4. The predicted molar refractivity (Wildman–Crippen MR) is 624 cm³/mol. The molecule has 26 aromatic carbocycles. The highest BCUT2D eigenvalue weighted by atomic mass is 14.3. The first-order valence-electron chi connectivity index (χ1n) is 49.8. The maximum absolute atomic E-state index is 2.37. The normalized spacial score (nSPS) is 11.8. The standard InChI is InChI=1S/2C72H48/c1-3-16-49(17-4-1)30-32-52-44-46-62(65-24-11-9-22-60(52)65)54-35-39-56(40-36-54)70-67-26-13-14-27-68(67)71(72-64(28-15-29-69(70)72)59-43-34-51-20-7-8-21-58(51)48-59)57-41-37-55(38-42-57)63-47-45-53(61-23-10-12-25-66(61)63)33-31-50-18-5-2-6-19-50;1-3-18-49(19-4-1)40-42-51-22-11-26-55(46-51)58-30-13-35-63-61(58)33-16-37-65(63)70-67-28-9-10-29-68(67)72(71-60(32-15-39-69(70)71)57-45-44-53-24-7-8-25-54(53)48-57)66-38-17-34-62-59(31-14-36-64(62)66)56-27-12-23-52(47-56)43-41-50-20-5-2-6-21-50/h2*1-48H/b32-30+,33-31+;42-40+,43-41+. The highest BCUT2D eigenvalue weighted by Gasteiger charge is 2.26. The number of hydrogen-bond acceptors (Lipinski definition) is 0. The molecule has 0 nitrogen and oxygen atoms in total. The van der Waals surface area contributed by atoms with Gasteiger partial charge < -0.3 is 0 Å². The van der Waals surface area contributed by atoms with E-state index in [-0.39, 0.29) is 0 Å². The Balaban J connectivity index is 0.000000151. The summed E-state index contributed by atoms with van der Waals surface area (Å²) in [5.74, 6) is 0. The lowest BCUT2D eigenvalue weighted by Crippen LogP contribution is -1.95. The van der Waals surface area contributed by atoms with E-state index < -0.39 is 0 Å². The number of hydrogen-bond donors (Lipinski definition) is 0. The Bertz CT molecular complexity index is 9570. The highest BCUT2D eigenvalue weighted by Crippen LogP contribution is 2.53. The molecule has 0 heteroatoms. The zero-order chi connectivity index (χ0) is 95.6. The lowest BCUT2D eigenvalue weighted by Gasteiger charge is -2.22. The summed E-state index contributed by atoms with van der Waals surface area (Å²) in [5, 5.41) is 24.7. The second-order valence-corrected chi connectivity index (χ2v) is 37.5. The average Bonchev–Trinajstić information content (AvgIpc) is 0.709. The van der Waals surface area contributed by atoms with Crippen LogP contribution in [0.4, 0.5) is 0 Å². The van der Waals surface area contributed by atoms with E-state index in [1.165, 1.54) is 264 Å². The fraction of sp³-hybridized carbons (Fsp3) is 0. The minimum atomic E-state index is 1.17. The van der Waals surface area contributed by atoms with Crippen molar-refractivity contribution in [2.45, 2.75) is 0 Å². The molecule has 0 aliphatic rings. The molecule has 0 amide bonds. The molecule has 0 fully saturated rings. The van der Waals surface area contributed by atoms with E-state index >= 15 is 0 Å². The van der Waals surface area contributed by atoms with Crippen LogP contribution in [-0.2, 0) is 0 Å². The Morgan fingerprint density at radius 2 is 0.354 bits per heavy atom. The van der Waals surface area contributed by atoms with Gasteiger partial charge in [-0.2, -0.15) is 0 Å². The van der Waals surface area contributed by atoms with Gasteiger partial charge in [-0.25, -0.2) is 0 Å². The van der Waals surface area contributed by atoms with Gasteiger partial charge >= 0.3 is 0 Å². The fourth-order valence-corrected chi connectivity index (χ4v) is 22.1. The molecule has 0 heterocycles. The molecule has 0 bridgehead atoms. The molecule has 0 N–H and O–H groups in total. The summed E-state index contributed by atoms with van der Waals surface area (Å²) in [6.07, 6.45) is 17.7. The maximum atomic E-state index is 2.37. The molecule has 0 aliphatic carbocycles. The third kappa shape index (κ3) is 16.8. The molecule has 0 atom stereocenters. The molecular formula is C144H96. The van der Waals surface area contributed by atoms with E-state index in [1.54, 1.807) is 0 Å². The van der Waals surface area contributed by atoms with Gasteiger partial charge in [-0.15, -0.1) is 0 Å². The van der Waals surface area contributed by atoms with E-state index in [0.717, 1.165) is 0 Å². The van der Waals surface area contributed by atoms with Gasteiger partial charge in [0.2, 0.25) is 0 Å². The van der Waals surface area contributed by atoms with Crippen LogP contribution in [0.2, 0.25) is 0 Å². The third-order valence-corrected chi connectivity index (χ3v) is 28.9. The van der Waals surface area contributed by atoms with Gasteiger partial charge in [-0.1, -0.05) is 558 Å². The van der Waals surface area contributed by atoms with Crippen LogP contribution in [-0.4, -0.2) is 0 Å². The summed E-state index contributed by atoms with van der Waals surface area (Å²) in [6, 6.07) is 196. The maximum Gasteiger partial charge on any atom is -0.00139 e. The average molecular weight is 1830 g/mol. The smallest absolute Gasteiger partial charge is 0.00139 e. The van der Waals surface area contributed by atoms with Crippen LogP contribution in [0.5, 0.6) is 0 Å². The first-order valence-corrected chi connectivity index (χ1v) is 49.8. The van der Waals surface area contributed by atoms with Crippen molar-refractivity contribution >= 4 is 156 Å². The Morgan fingerprint density at radius 3 is 0.785 bits per heavy atom. The summed E-state index contributed by atoms with van der Waals surface area (Å²) in [4.78, 5) is 0. The Labute approximate surface area is 839 Å². The number of fused-ring (bicyclic) bond motifs is 10. The van der Waals surface area contributed by atoms with E-state index in [4.69, 9.17) is 0 Å². The lowest BCUT2D eigenvalue weighted by atomic mass is 9.80. The van der Waals surface area contributed by atoms with Crippen molar-refractivity contribution in [2.75, 3.05) is 0 Å². The fourth-order valence-electron chi connectivity index (χ4n) is 22.1. The van der Waals surface area contributed by atoms with Gasteiger partial charge in [0, 0.05) is 0 Å². The van der Waals surface area contributed by atoms with Crippen LogP contribution < -0.4 is 0 Å². The molecule has 672 valence electrons. The van der Waals surface area contributed by atoms with Crippen molar-refractivity contribution in [3.05, 3.63) is 578 Å². The summed E-state index contributed by atoms with van der Waals surface area (Å²) < 4.78 is 0. The largest absolute Gasteiger partial charge is 0.0622 e. The van der Waals surface area contributed by atoms with Crippen LogP contribution in [0, 0.1) is 0 Å². The van der Waals surface area contributed by atoms with Crippen molar-refractivity contribution in [3.8, 4) is 111 Å². The summed E-state index contributed by atoms with van der Waals surface area (Å²) in [5.41, 5.74) is 33.8. The molecule has 0 aliphatic heterocycles. The Kier molecular flexibility index (Phi) is 23.3. The van der Waals surface area contributed by atoms with Gasteiger partial charge in [-0.3, -0.25) is 0 Å². The first-order chi connectivity index (χ1) is 71.4. The van der Waals surface area contributed by atoms with Gasteiger partial charge in [0.1, 0.15) is 0 Å². The van der Waals surface area contributed by atoms with Gasteiger partial charge in [0.15, 0.2) is 0 Å². The monoisotopic (exact) mass is 1820 g/mol. The third-order valence-electron chi connectivity index (χ3n) is 28.9. The van der Waals surface area contributed by atoms with E-state index in [1.807, 2.05) is 0 Å². The van der Waals surface area contributed by atoms with E-state index in [0.29, 0.717) is 0 Å². The van der Waals surface area contributed by atoms with E-state index in [2.05, 4.69) is 582 Å². The van der Waals surface area contributed by atoms with Crippen molar-refractivity contribution in [1.82, 2.24) is 0 Å². The topological polar surface area (TPSA) is 0 Å². The predicted octanol–water partition coefficient (Wildman–Crippen LogP) is 40.3. The van der Waals surface area contributed by atoms with Crippen LogP contribution >= 0.6 is 0 Å². The van der Waals surface area contributed by atoms with Crippen molar-refractivity contribution < 1.29 is 0 Å². The van der Waals surface area contributed by atoms with Crippen LogP contribution in [0.3, 0.4) is 0 Å². The van der Waals surface area contributed by atoms with Gasteiger partial charge in [-0.05, 0) is 288 Å². The molecule has 0 unspecified atom stereocenters. The molecule has 0 saturated heterocycles. The minimum Gasteiger partial charge on any atom is -0.0622 e. The highest BCUT2D eigenvalue weighted by molar-refractivity contribution is 6.30. The van der Waals surface area contributed by atoms with Crippen molar-refractivity contribution in [1.29, 1.82) is 0 Å². The van der Waals surface area contributed by atoms with Crippen molar-refractivity contribution in [2.24, 2.45) is 0 Å². The number of benzene rings is 26. The molecule has 144 heavy (non-hydrogen) atoms. The Morgan fingerprint density at radius 1 is 0.104 bits per heavy atom. The second-order valence-electron chi connectivity index (χ2n) is 37.5. The van der Waals surface area contributed by atoms with Crippen LogP contribution in [0.1, 0.15) is 44.5 Å². The van der Waals surface area contributed by atoms with Crippen LogP contribution in [0.15, 0.2) is 534 Å². The minimum absolute atomic E-state index is 1.17. The van der Waals surface area contributed by atoms with Crippen LogP contribution in [0.25, 0.3) is 268 Å². The summed E-state index contributed by atoms with van der Waals surface area (Å²) in [7, 11) is 0. The molecule has 0 saturated carbocycles. The van der Waals surface area contributed by atoms with Crippen molar-refractivity contribution in [3.63, 3.8) is 0 Å². The first kappa shape index (κ1) is 86.8. The molecule has 0 radical (unpaired) electrons. The van der Waals surface area contributed by atoms with Gasteiger partial charge in [0.25, 0.3) is 0 Å². The SMILES string of the molecule is C(=C\c1ccc(-c2ccc(-c3c4ccccc4c(-c4ccc(-c5ccc(/C=C/c6ccccc6)c6ccccc56)cc4)c4c(-c5ccc6ccccc6c5)cccc34)cc2)c2ccccc12)/c1ccccc1.C(=C\c1cccc(-c2cccc3c(-c4c5ccccc5c(-c5cccc6c(-c7cccc(/C=C/c8ccccc8)c7)cccc56)c5c(-c6ccc7ccccc7c6)cccc45)cccc23)c1)/c1ccccc1. The zero-order valence-corrected chi connectivity index (χ0v) is 79.4.